The Balaban J connectivity index is 1.80. The zero-order valence-electron chi connectivity index (χ0n) is 10.1. The quantitative estimate of drug-likeness (QED) is 0.855. The molecule has 1 aromatic rings. The lowest BCUT2D eigenvalue weighted by Crippen LogP contribution is -2.27. The standard InChI is InChI=1S/C12H21N3S/c1-3-15-7-6-13-12(15)9-14-10-4-5-11(8-10)16-2/h6-7,10-11,14H,3-5,8-9H2,1-2H3. The van der Waals surface area contributed by atoms with Crippen molar-refractivity contribution in [2.75, 3.05) is 6.26 Å². The molecule has 16 heavy (non-hydrogen) atoms. The maximum atomic E-state index is 4.38. The number of imidazole rings is 1. The second-order valence-corrected chi connectivity index (χ2v) is 5.52. The lowest BCUT2D eigenvalue weighted by atomic mass is 10.2. The summed E-state index contributed by atoms with van der Waals surface area (Å²) in [6.45, 7) is 4.08. The molecule has 4 heteroatoms. The smallest absolute Gasteiger partial charge is 0.122 e. The molecule has 1 heterocycles. The number of nitrogens with one attached hydrogen (secondary N) is 1. The van der Waals surface area contributed by atoms with E-state index in [9.17, 15) is 0 Å². The number of rotatable bonds is 5. The second-order valence-electron chi connectivity index (χ2n) is 4.38. The molecular weight excluding hydrogens is 218 g/mol. The van der Waals surface area contributed by atoms with E-state index in [2.05, 4.69) is 34.2 Å². The summed E-state index contributed by atoms with van der Waals surface area (Å²) < 4.78 is 2.20. The van der Waals surface area contributed by atoms with E-state index in [1.165, 1.54) is 19.3 Å². The minimum Gasteiger partial charge on any atom is -0.334 e. The molecule has 3 nitrogen and oxygen atoms in total. The molecule has 0 aliphatic heterocycles. The highest BCUT2D eigenvalue weighted by Crippen LogP contribution is 2.28. The summed E-state index contributed by atoms with van der Waals surface area (Å²) in [4.78, 5) is 4.38. The van der Waals surface area contributed by atoms with Gasteiger partial charge in [-0.2, -0.15) is 11.8 Å². The van der Waals surface area contributed by atoms with Gasteiger partial charge in [0.1, 0.15) is 5.82 Å². The van der Waals surface area contributed by atoms with E-state index in [-0.39, 0.29) is 0 Å². The van der Waals surface area contributed by atoms with Gasteiger partial charge in [-0.15, -0.1) is 0 Å². The predicted molar refractivity (Wildman–Crippen MR) is 69.7 cm³/mol. The van der Waals surface area contributed by atoms with Crippen LogP contribution in [0.3, 0.4) is 0 Å². The SMILES string of the molecule is CCn1ccnc1CNC1CCC(SC)C1. The Morgan fingerprint density at radius 2 is 2.44 bits per heavy atom. The molecule has 0 bridgehead atoms. The van der Waals surface area contributed by atoms with Gasteiger partial charge < -0.3 is 9.88 Å². The highest BCUT2D eigenvalue weighted by Gasteiger charge is 2.23. The van der Waals surface area contributed by atoms with Crippen LogP contribution >= 0.6 is 11.8 Å². The highest BCUT2D eigenvalue weighted by atomic mass is 32.2. The second kappa shape index (κ2) is 5.73. The van der Waals surface area contributed by atoms with Crippen molar-refractivity contribution in [3.05, 3.63) is 18.2 Å². The predicted octanol–water partition coefficient (Wildman–Crippen LogP) is 2.28. The third kappa shape index (κ3) is 2.80. The summed E-state index contributed by atoms with van der Waals surface area (Å²) >= 11 is 2.01. The Hall–Kier alpha value is -0.480. The van der Waals surface area contributed by atoms with Crippen LogP contribution in [-0.2, 0) is 13.1 Å². The number of hydrogen-bond donors (Lipinski definition) is 1. The Labute approximate surface area is 102 Å². The molecule has 1 fully saturated rings. The van der Waals surface area contributed by atoms with Crippen molar-refractivity contribution in [2.24, 2.45) is 0 Å². The number of hydrogen-bond acceptors (Lipinski definition) is 3. The Morgan fingerprint density at radius 1 is 1.56 bits per heavy atom. The van der Waals surface area contributed by atoms with E-state index >= 15 is 0 Å². The fraction of sp³-hybridized carbons (Fsp3) is 0.750. The molecule has 0 spiro atoms. The van der Waals surface area contributed by atoms with E-state index in [1.54, 1.807) is 0 Å². The molecule has 0 aromatic carbocycles. The van der Waals surface area contributed by atoms with Crippen molar-refractivity contribution in [1.82, 2.24) is 14.9 Å². The van der Waals surface area contributed by atoms with Gasteiger partial charge in [0, 0.05) is 30.2 Å². The van der Waals surface area contributed by atoms with E-state index in [0.29, 0.717) is 6.04 Å². The maximum Gasteiger partial charge on any atom is 0.122 e. The van der Waals surface area contributed by atoms with Gasteiger partial charge >= 0.3 is 0 Å². The topological polar surface area (TPSA) is 29.9 Å². The first kappa shape index (κ1) is 12.0. The van der Waals surface area contributed by atoms with Gasteiger partial charge in [0.2, 0.25) is 0 Å². The molecule has 2 unspecified atom stereocenters. The normalized spacial score (nSPS) is 25.1. The Kier molecular flexibility index (Phi) is 4.29. The fourth-order valence-electron chi connectivity index (χ4n) is 2.37. The van der Waals surface area contributed by atoms with Crippen LogP contribution in [0.5, 0.6) is 0 Å². The monoisotopic (exact) mass is 239 g/mol. The van der Waals surface area contributed by atoms with Crippen LogP contribution in [0.2, 0.25) is 0 Å². The van der Waals surface area contributed by atoms with Crippen LogP contribution in [0.4, 0.5) is 0 Å². The van der Waals surface area contributed by atoms with Crippen LogP contribution in [0.15, 0.2) is 12.4 Å². The van der Waals surface area contributed by atoms with Crippen molar-refractivity contribution < 1.29 is 0 Å². The summed E-state index contributed by atoms with van der Waals surface area (Å²) in [5.41, 5.74) is 0. The van der Waals surface area contributed by atoms with Gasteiger partial charge in [-0.1, -0.05) is 0 Å². The van der Waals surface area contributed by atoms with Crippen LogP contribution in [0, 0.1) is 0 Å². The molecule has 1 aromatic heterocycles. The number of nitrogens with zero attached hydrogens (tertiary/aromatic N) is 2. The van der Waals surface area contributed by atoms with Gasteiger partial charge in [0.15, 0.2) is 0 Å². The Morgan fingerprint density at radius 3 is 3.12 bits per heavy atom. The molecule has 2 atom stereocenters. The zero-order chi connectivity index (χ0) is 11.4. The molecule has 90 valence electrons. The van der Waals surface area contributed by atoms with Crippen LogP contribution in [0.1, 0.15) is 32.0 Å². The summed E-state index contributed by atoms with van der Waals surface area (Å²) in [6, 6.07) is 0.694. The first-order chi connectivity index (χ1) is 7.83. The molecular formula is C12H21N3S. The van der Waals surface area contributed by atoms with Crippen molar-refractivity contribution in [3.8, 4) is 0 Å². The van der Waals surface area contributed by atoms with Crippen molar-refractivity contribution in [2.45, 2.75) is 50.6 Å². The van der Waals surface area contributed by atoms with Crippen molar-refractivity contribution in [1.29, 1.82) is 0 Å². The fourth-order valence-corrected chi connectivity index (χ4v) is 3.17. The van der Waals surface area contributed by atoms with Gasteiger partial charge in [-0.25, -0.2) is 4.98 Å². The summed E-state index contributed by atoms with van der Waals surface area (Å²) in [5.74, 6) is 1.16. The first-order valence-corrected chi connectivity index (χ1v) is 7.38. The minimum absolute atomic E-state index is 0.694. The summed E-state index contributed by atoms with van der Waals surface area (Å²) in [7, 11) is 0. The molecule has 0 saturated heterocycles. The summed E-state index contributed by atoms with van der Waals surface area (Å²) in [6.07, 6.45) is 10.2. The van der Waals surface area contributed by atoms with Crippen LogP contribution < -0.4 is 5.32 Å². The average molecular weight is 239 g/mol. The molecule has 1 N–H and O–H groups in total. The lowest BCUT2D eigenvalue weighted by molar-refractivity contribution is 0.502. The average Bonchev–Trinajstić information content (AvgIpc) is 2.94. The first-order valence-electron chi connectivity index (χ1n) is 6.09. The van der Waals surface area contributed by atoms with E-state index in [0.717, 1.165) is 24.2 Å². The number of aryl methyl sites for hydroxylation is 1. The molecule has 1 saturated carbocycles. The van der Waals surface area contributed by atoms with Crippen molar-refractivity contribution >= 4 is 11.8 Å². The number of aromatic nitrogens is 2. The Bertz CT molecular complexity index is 324. The van der Waals surface area contributed by atoms with Gasteiger partial charge in [0.05, 0.1) is 6.54 Å². The molecule has 2 rings (SSSR count). The van der Waals surface area contributed by atoms with Crippen LogP contribution in [0.25, 0.3) is 0 Å². The molecule has 1 aliphatic carbocycles. The molecule has 0 amide bonds. The molecule has 0 radical (unpaired) electrons. The largest absolute Gasteiger partial charge is 0.334 e. The lowest BCUT2D eigenvalue weighted by Gasteiger charge is -2.13. The van der Waals surface area contributed by atoms with Crippen molar-refractivity contribution in [3.63, 3.8) is 0 Å². The van der Waals surface area contributed by atoms with Gasteiger partial charge in [0.25, 0.3) is 0 Å². The highest BCUT2D eigenvalue weighted by molar-refractivity contribution is 7.99. The van der Waals surface area contributed by atoms with Crippen LogP contribution in [-0.4, -0.2) is 27.1 Å². The summed E-state index contributed by atoms with van der Waals surface area (Å²) in [5, 5.41) is 4.49. The molecule has 1 aliphatic rings. The number of thioether (sulfide) groups is 1. The maximum absolute atomic E-state index is 4.38. The van der Waals surface area contributed by atoms with Gasteiger partial charge in [-0.05, 0) is 32.4 Å². The minimum atomic E-state index is 0.694. The zero-order valence-corrected chi connectivity index (χ0v) is 11.0. The van der Waals surface area contributed by atoms with Gasteiger partial charge in [-0.3, -0.25) is 0 Å². The third-order valence-corrected chi connectivity index (χ3v) is 4.50. The third-order valence-electron chi connectivity index (χ3n) is 3.41. The van der Waals surface area contributed by atoms with E-state index in [4.69, 9.17) is 0 Å². The van der Waals surface area contributed by atoms with E-state index < -0.39 is 0 Å². The van der Waals surface area contributed by atoms with E-state index in [1.807, 2.05) is 18.0 Å².